The van der Waals surface area contributed by atoms with Gasteiger partial charge in [-0.25, -0.2) is 4.98 Å². The molecule has 0 unspecified atom stereocenters. The zero-order valence-corrected chi connectivity index (χ0v) is 12.8. The lowest BCUT2D eigenvalue weighted by Crippen LogP contribution is -2.23. The van der Waals surface area contributed by atoms with Crippen LogP contribution in [0.25, 0.3) is 0 Å². The minimum Gasteiger partial charge on any atom is -0.345 e. The zero-order valence-electron chi connectivity index (χ0n) is 12.8. The first-order chi connectivity index (χ1) is 11.4. The van der Waals surface area contributed by atoms with Crippen molar-refractivity contribution in [1.82, 2.24) is 14.9 Å². The average Bonchev–Trinajstić information content (AvgIpc) is 3.04. The van der Waals surface area contributed by atoms with Gasteiger partial charge in [-0.3, -0.25) is 4.79 Å². The van der Waals surface area contributed by atoms with Gasteiger partial charge in [0.1, 0.15) is 0 Å². The van der Waals surface area contributed by atoms with Crippen LogP contribution in [0.5, 0.6) is 0 Å². The summed E-state index contributed by atoms with van der Waals surface area (Å²) in [5, 5.41) is 2.62. The number of benzene rings is 1. The number of aryl methyl sites for hydroxylation is 1. The van der Waals surface area contributed by atoms with Crippen molar-refractivity contribution in [3.63, 3.8) is 0 Å². The van der Waals surface area contributed by atoms with E-state index >= 15 is 0 Å². The van der Waals surface area contributed by atoms with Gasteiger partial charge in [0.05, 0.1) is 18.4 Å². The van der Waals surface area contributed by atoms with E-state index in [2.05, 4.69) is 22.1 Å². The molecule has 0 aliphatic carbocycles. The molecule has 0 aliphatic rings. The fourth-order valence-electron chi connectivity index (χ4n) is 1.99. The number of hydrogen-bond donors (Lipinski definition) is 1. The molecule has 1 N–H and O–H groups in total. The first-order valence-electron chi connectivity index (χ1n) is 7.34. The largest absolute Gasteiger partial charge is 0.416 e. The molecule has 0 fully saturated rings. The van der Waals surface area contributed by atoms with Crippen LogP contribution in [0.3, 0.4) is 0 Å². The summed E-state index contributed by atoms with van der Waals surface area (Å²) in [4.78, 5) is 15.5. The molecule has 2 aromatic rings. The summed E-state index contributed by atoms with van der Waals surface area (Å²) in [7, 11) is 0. The molecule has 0 bridgehead atoms. The predicted molar refractivity (Wildman–Crippen MR) is 82.8 cm³/mol. The maximum Gasteiger partial charge on any atom is 0.416 e. The normalized spacial score (nSPS) is 10.8. The average molecular weight is 335 g/mol. The summed E-state index contributed by atoms with van der Waals surface area (Å²) in [5.41, 5.74) is -0.475. The summed E-state index contributed by atoms with van der Waals surface area (Å²) in [6.45, 7) is 0.795. The molecule has 1 aromatic carbocycles. The van der Waals surface area contributed by atoms with Gasteiger partial charge in [-0.15, -0.1) is 0 Å². The smallest absolute Gasteiger partial charge is 0.345 e. The maximum atomic E-state index is 12.6. The third-order valence-corrected chi connectivity index (χ3v) is 3.18. The minimum atomic E-state index is -4.39. The van der Waals surface area contributed by atoms with Crippen LogP contribution in [0.1, 0.15) is 24.0 Å². The van der Waals surface area contributed by atoms with Crippen molar-refractivity contribution in [3.8, 4) is 11.8 Å². The highest BCUT2D eigenvalue weighted by Crippen LogP contribution is 2.29. The molecule has 0 spiro atoms. The maximum absolute atomic E-state index is 12.6. The molecule has 1 heterocycles. The number of alkyl halides is 3. The molecule has 0 aliphatic heterocycles. The van der Waals surface area contributed by atoms with Crippen LogP contribution in [0.15, 0.2) is 43.0 Å². The van der Waals surface area contributed by atoms with Crippen LogP contribution >= 0.6 is 0 Å². The van der Waals surface area contributed by atoms with Gasteiger partial charge in [0.2, 0.25) is 5.91 Å². The third kappa shape index (κ3) is 5.80. The number of imidazole rings is 1. The van der Waals surface area contributed by atoms with Crippen LogP contribution in [0, 0.1) is 11.8 Å². The summed E-state index contributed by atoms with van der Waals surface area (Å²) >= 11 is 0. The van der Waals surface area contributed by atoms with Gasteiger partial charge >= 0.3 is 6.18 Å². The Morgan fingerprint density at radius 2 is 2.17 bits per heavy atom. The topological polar surface area (TPSA) is 46.9 Å². The molecule has 0 atom stereocenters. The van der Waals surface area contributed by atoms with Crippen molar-refractivity contribution in [1.29, 1.82) is 0 Å². The summed E-state index contributed by atoms with van der Waals surface area (Å²) in [6, 6.07) is 4.78. The Morgan fingerprint density at radius 1 is 1.33 bits per heavy atom. The van der Waals surface area contributed by atoms with Crippen LogP contribution in [-0.2, 0) is 17.5 Å². The molecule has 1 aromatic heterocycles. The monoisotopic (exact) mass is 335 g/mol. The Kier molecular flexibility index (Phi) is 6.01. The third-order valence-electron chi connectivity index (χ3n) is 3.18. The van der Waals surface area contributed by atoms with Crippen molar-refractivity contribution in [2.45, 2.75) is 25.6 Å². The molecule has 0 saturated carbocycles. The number of nitrogens with zero attached hydrogens (tertiary/aromatic N) is 2. The SMILES string of the molecule is O=C(CCCn1ccnc1)NCC#Cc1cccc(C(F)(F)F)c1. The fraction of sp³-hybridized carbons (Fsp3) is 0.294. The number of rotatable bonds is 5. The molecule has 126 valence electrons. The number of aromatic nitrogens is 2. The van der Waals surface area contributed by atoms with Gasteiger partial charge in [0.15, 0.2) is 0 Å². The molecular formula is C17H16F3N3O. The molecule has 7 heteroatoms. The van der Waals surface area contributed by atoms with E-state index in [1.165, 1.54) is 12.1 Å². The van der Waals surface area contributed by atoms with Crippen molar-refractivity contribution < 1.29 is 18.0 Å². The highest BCUT2D eigenvalue weighted by Gasteiger charge is 2.30. The Bertz CT molecular complexity index is 728. The number of amides is 1. The molecule has 0 saturated heterocycles. The predicted octanol–water partition coefficient (Wildman–Crippen LogP) is 2.85. The second kappa shape index (κ2) is 8.20. The van der Waals surface area contributed by atoms with E-state index in [1.807, 2.05) is 10.8 Å². The van der Waals surface area contributed by atoms with E-state index in [0.717, 1.165) is 12.1 Å². The lowest BCUT2D eigenvalue weighted by Gasteiger charge is -2.05. The van der Waals surface area contributed by atoms with Crippen molar-refractivity contribution in [2.75, 3.05) is 6.54 Å². The Balaban J connectivity index is 1.74. The minimum absolute atomic E-state index is 0.0974. The lowest BCUT2D eigenvalue weighted by atomic mass is 10.1. The van der Waals surface area contributed by atoms with E-state index in [-0.39, 0.29) is 18.0 Å². The standard InChI is InChI=1S/C17H16F3N3O/c18-17(19,20)15-6-1-4-14(12-15)5-2-8-22-16(24)7-3-10-23-11-9-21-13-23/h1,4,6,9,11-13H,3,7-8,10H2,(H,22,24). The van der Waals surface area contributed by atoms with Crippen LogP contribution in [0.2, 0.25) is 0 Å². The first kappa shape index (κ1) is 17.6. The van der Waals surface area contributed by atoms with Crippen molar-refractivity contribution >= 4 is 5.91 Å². The van der Waals surface area contributed by atoms with Gasteiger partial charge in [0.25, 0.3) is 0 Å². The zero-order chi connectivity index (χ0) is 17.4. The fourth-order valence-corrected chi connectivity index (χ4v) is 1.99. The number of nitrogens with one attached hydrogen (secondary N) is 1. The second-order valence-corrected chi connectivity index (χ2v) is 5.06. The number of carbonyl (C=O) groups excluding carboxylic acids is 1. The van der Waals surface area contributed by atoms with Crippen molar-refractivity contribution in [3.05, 3.63) is 54.1 Å². The van der Waals surface area contributed by atoms with Gasteiger partial charge in [0, 0.05) is 30.9 Å². The lowest BCUT2D eigenvalue weighted by molar-refractivity contribution is -0.137. The number of hydrogen-bond acceptors (Lipinski definition) is 2. The van der Waals surface area contributed by atoms with Crippen LogP contribution < -0.4 is 5.32 Å². The van der Waals surface area contributed by atoms with E-state index < -0.39 is 11.7 Å². The Labute approximate surface area is 137 Å². The summed E-state index contributed by atoms with van der Waals surface area (Å²) < 4.78 is 39.6. The molecule has 24 heavy (non-hydrogen) atoms. The van der Waals surface area contributed by atoms with E-state index in [1.54, 1.807) is 12.5 Å². The first-order valence-corrected chi connectivity index (χ1v) is 7.34. The number of halogens is 3. The van der Waals surface area contributed by atoms with Crippen LogP contribution in [0.4, 0.5) is 13.2 Å². The number of carbonyl (C=O) groups is 1. The quantitative estimate of drug-likeness (QED) is 0.854. The van der Waals surface area contributed by atoms with Gasteiger partial charge in [-0.1, -0.05) is 17.9 Å². The Hall–Kier alpha value is -2.75. The molecular weight excluding hydrogens is 319 g/mol. The van der Waals surface area contributed by atoms with Crippen LogP contribution in [-0.4, -0.2) is 22.0 Å². The summed E-state index contributed by atoms with van der Waals surface area (Å²) in [5.74, 6) is 5.12. The highest BCUT2D eigenvalue weighted by atomic mass is 19.4. The molecule has 1 amide bonds. The summed E-state index contributed by atoms with van der Waals surface area (Å²) in [6.07, 6.45) is 1.80. The second-order valence-electron chi connectivity index (χ2n) is 5.06. The highest BCUT2D eigenvalue weighted by molar-refractivity contribution is 5.76. The van der Waals surface area contributed by atoms with E-state index in [9.17, 15) is 18.0 Å². The van der Waals surface area contributed by atoms with Gasteiger partial charge in [-0.05, 0) is 24.6 Å². The van der Waals surface area contributed by atoms with E-state index in [4.69, 9.17) is 0 Å². The molecule has 2 rings (SSSR count). The Morgan fingerprint density at radius 3 is 2.88 bits per heavy atom. The molecule has 0 radical (unpaired) electrons. The molecule has 4 nitrogen and oxygen atoms in total. The van der Waals surface area contributed by atoms with Gasteiger partial charge < -0.3 is 9.88 Å². The van der Waals surface area contributed by atoms with Gasteiger partial charge in [-0.2, -0.15) is 13.2 Å². The van der Waals surface area contributed by atoms with E-state index in [0.29, 0.717) is 19.4 Å². The van der Waals surface area contributed by atoms with Crippen molar-refractivity contribution in [2.24, 2.45) is 0 Å².